The largest absolute Gasteiger partial charge is 0.462 e. The number of rotatable bonds is 10. The van der Waals surface area contributed by atoms with Crippen molar-refractivity contribution in [3.8, 4) is 0 Å². The molecule has 6 nitrogen and oxygen atoms in total. The van der Waals surface area contributed by atoms with Crippen molar-refractivity contribution in [2.75, 3.05) is 28.7 Å². The third-order valence-corrected chi connectivity index (χ3v) is 4.96. The van der Waals surface area contributed by atoms with E-state index >= 15 is 0 Å². The second-order valence-electron chi connectivity index (χ2n) is 6.25. The van der Waals surface area contributed by atoms with Gasteiger partial charge in [-0.15, -0.1) is 0 Å². The van der Waals surface area contributed by atoms with Crippen molar-refractivity contribution >= 4 is 40.9 Å². The van der Waals surface area contributed by atoms with Crippen molar-refractivity contribution in [3.63, 3.8) is 0 Å². The lowest BCUT2D eigenvalue weighted by atomic mass is 10.1. The molecule has 154 valence electrons. The van der Waals surface area contributed by atoms with Crippen LogP contribution in [0, 0.1) is 0 Å². The van der Waals surface area contributed by atoms with Crippen LogP contribution < -0.4 is 10.6 Å². The Hall–Kier alpha value is -2.80. The summed E-state index contributed by atoms with van der Waals surface area (Å²) in [7, 11) is 0. The minimum atomic E-state index is -0.388. The molecule has 0 unspecified atom stereocenters. The fourth-order valence-electron chi connectivity index (χ4n) is 2.52. The fourth-order valence-corrected chi connectivity index (χ4v) is 3.26. The highest BCUT2D eigenvalue weighted by Crippen LogP contribution is 2.14. The number of thioether (sulfide) groups is 1. The Labute approximate surface area is 175 Å². The molecule has 2 rings (SSSR count). The summed E-state index contributed by atoms with van der Waals surface area (Å²) in [5, 5.41) is 5.65. The molecule has 0 atom stereocenters. The third kappa shape index (κ3) is 7.99. The molecule has 2 amide bonds. The molecule has 0 heterocycles. The fraction of sp³-hybridized carbons (Fsp3) is 0.318. The molecule has 0 bridgehead atoms. The number of esters is 1. The van der Waals surface area contributed by atoms with Gasteiger partial charge in [0.2, 0.25) is 11.8 Å². The van der Waals surface area contributed by atoms with Gasteiger partial charge in [-0.1, -0.05) is 19.1 Å². The van der Waals surface area contributed by atoms with Crippen molar-refractivity contribution in [3.05, 3.63) is 59.7 Å². The number of carbonyl (C=O) groups is 3. The molecule has 29 heavy (non-hydrogen) atoms. The number of hydrogen-bond acceptors (Lipinski definition) is 5. The van der Waals surface area contributed by atoms with E-state index in [2.05, 4.69) is 17.6 Å². The van der Waals surface area contributed by atoms with Crippen LogP contribution in [0.1, 0.15) is 36.2 Å². The molecule has 0 spiro atoms. The summed E-state index contributed by atoms with van der Waals surface area (Å²) >= 11 is 1.39. The van der Waals surface area contributed by atoms with Gasteiger partial charge >= 0.3 is 5.97 Å². The summed E-state index contributed by atoms with van der Waals surface area (Å²) in [6.07, 6.45) is 1.25. The van der Waals surface area contributed by atoms with Crippen LogP contribution in [0.4, 0.5) is 11.4 Å². The minimum Gasteiger partial charge on any atom is -0.462 e. The standard InChI is InChI=1S/C22H26N2O4S/c1-3-16-6-5-7-19(14-16)24-20(25)12-13-29-15-21(26)23-18-10-8-17(9-11-18)22(27)28-4-2/h5-11,14H,3-4,12-13,15H2,1-2H3,(H,23,26)(H,24,25). The molecular weight excluding hydrogens is 388 g/mol. The summed E-state index contributed by atoms with van der Waals surface area (Å²) < 4.78 is 4.92. The van der Waals surface area contributed by atoms with Gasteiger partial charge in [-0.3, -0.25) is 9.59 Å². The maximum absolute atomic E-state index is 12.0. The molecule has 2 aromatic rings. The van der Waals surface area contributed by atoms with E-state index in [1.165, 1.54) is 17.3 Å². The summed E-state index contributed by atoms with van der Waals surface area (Å²) in [5.74, 6) is 0.184. The first-order valence-corrected chi connectivity index (χ1v) is 10.7. The zero-order chi connectivity index (χ0) is 21.1. The molecule has 0 aliphatic carbocycles. The monoisotopic (exact) mass is 414 g/mol. The Bertz CT molecular complexity index is 837. The number of aryl methyl sites for hydroxylation is 1. The zero-order valence-electron chi connectivity index (χ0n) is 16.7. The first-order valence-electron chi connectivity index (χ1n) is 9.55. The molecule has 0 fully saturated rings. The van der Waals surface area contributed by atoms with E-state index in [0.717, 1.165) is 12.1 Å². The number of anilines is 2. The van der Waals surface area contributed by atoms with Gasteiger partial charge in [-0.2, -0.15) is 11.8 Å². The van der Waals surface area contributed by atoms with Crippen LogP contribution in [0.2, 0.25) is 0 Å². The molecule has 0 saturated carbocycles. The molecule has 0 aliphatic rings. The lowest BCUT2D eigenvalue weighted by molar-refractivity contribution is -0.116. The maximum Gasteiger partial charge on any atom is 0.338 e. The highest BCUT2D eigenvalue weighted by molar-refractivity contribution is 7.99. The molecule has 0 radical (unpaired) electrons. The van der Waals surface area contributed by atoms with Crippen molar-refractivity contribution < 1.29 is 19.1 Å². The molecule has 2 aromatic carbocycles. The van der Waals surface area contributed by atoms with Gasteiger partial charge in [0.25, 0.3) is 0 Å². The first-order chi connectivity index (χ1) is 14.0. The van der Waals surface area contributed by atoms with Crippen LogP contribution in [-0.2, 0) is 20.7 Å². The average Bonchev–Trinajstić information content (AvgIpc) is 2.72. The topological polar surface area (TPSA) is 84.5 Å². The Balaban J connectivity index is 1.67. The van der Waals surface area contributed by atoms with Crippen molar-refractivity contribution in [1.82, 2.24) is 0 Å². The van der Waals surface area contributed by atoms with E-state index in [1.54, 1.807) is 31.2 Å². The molecular formula is C22H26N2O4S. The predicted octanol–water partition coefficient (Wildman–Crippen LogP) is 4.13. The van der Waals surface area contributed by atoms with Crippen molar-refractivity contribution in [2.24, 2.45) is 0 Å². The highest BCUT2D eigenvalue weighted by Gasteiger charge is 2.08. The Kier molecular flexibility index (Phi) is 9.24. The molecule has 7 heteroatoms. The molecule has 0 aromatic heterocycles. The third-order valence-electron chi connectivity index (χ3n) is 4.01. The van der Waals surface area contributed by atoms with Gasteiger partial charge in [0, 0.05) is 23.5 Å². The Morgan fingerprint density at radius 2 is 1.66 bits per heavy atom. The van der Waals surface area contributed by atoms with Gasteiger partial charge in [-0.25, -0.2) is 4.79 Å². The van der Waals surface area contributed by atoms with E-state index in [-0.39, 0.29) is 23.5 Å². The van der Waals surface area contributed by atoms with Crippen molar-refractivity contribution in [2.45, 2.75) is 26.7 Å². The highest BCUT2D eigenvalue weighted by atomic mass is 32.2. The van der Waals surface area contributed by atoms with Crippen LogP contribution in [0.3, 0.4) is 0 Å². The van der Waals surface area contributed by atoms with E-state index in [4.69, 9.17) is 4.74 Å². The molecule has 2 N–H and O–H groups in total. The summed E-state index contributed by atoms with van der Waals surface area (Å²) in [6.45, 7) is 4.13. The number of benzene rings is 2. The van der Waals surface area contributed by atoms with Crippen LogP contribution in [0.25, 0.3) is 0 Å². The number of amides is 2. The smallest absolute Gasteiger partial charge is 0.338 e. The molecule has 0 saturated heterocycles. The van der Waals surface area contributed by atoms with Crippen LogP contribution in [0.15, 0.2) is 48.5 Å². The number of carbonyl (C=O) groups excluding carboxylic acids is 3. The summed E-state index contributed by atoms with van der Waals surface area (Å²) in [4.78, 5) is 35.6. The van der Waals surface area contributed by atoms with Crippen LogP contribution >= 0.6 is 11.8 Å². The SMILES string of the molecule is CCOC(=O)c1ccc(NC(=O)CSCCC(=O)Nc2cccc(CC)c2)cc1. The van der Waals surface area contributed by atoms with Gasteiger partial charge in [0.15, 0.2) is 0 Å². The van der Waals surface area contributed by atoms with Crippen LogP contribution in [-0.4, -0.2) is 35.9 Å². The normalized spacial score (nSPS) is 10.3. The van der Waals surface area contributed by atoms with E-state index in [0.29, 0.717) is 30.0 Å². The number of nitrogens with one attached hydrogen (secondary N) is 2. The lowest BCUT2D eigenvalue weighted by Gasteiger charge is -2.08. The summed E-state index contributed by atoms with van der Waals surface area (Å²) in [6, 6.07) is 14.3. The predicted molar refractivity (Wildman–Crippen MR) is 117 cm³/mol. The number of ether oxygens (including phenoxy) is 1. The maximum atomic E-state index is 12.0. The zero-order valence-corrected chi connectivity index (χ0v) is 17.5. The molecule has 0 aliphatic heterocycles. The number of hydrogen-bond donors (Lipinski definition) is 2. The van der Waals surface area contributed by atoms with E-state index in [9.17, 15) is 14.4 Å². The Morgan fingerprint density at radius 1 is 0.931 bits per heavy atom. The quantitative estimate of drug-likeness (QED) is 0.451. The van der Waals surface area contributed by atoms with Gasteiger partial charge < -0.3 is 15.4 Å². The second-order valence-corrected chi connectivity index (χ2v) is 7.36. The van der Waals surface area contributed by atoms with E-state index < -0.39 is 0 Å². The first kappa shape index (κ1) is 22.5. The van der Waals surface area contributed by atoms with Crippen LogP contribution in [0.5, 0.6) is 0 Å². The van der Waals surface area contributed by atoms with Gasteiger partial charge in [-0.05, 0) is 55.3 Å². The Morgan fingerprint density at radius 3 is 2.34 bits per heavy atom. The van der Waals surface area contributed by atoms with Crippen molar-refractivity contribution in [1.29, 1.82) is 0 Å². The minimum absolute atomic E-state index is 0.0688. The average molecular weight is 415 g/mol. The lowest BCUT2D eigenvalue weighted by Crippen LogP contribution is -2.16. The van der Waals surface area contributed by atoms with Gasteiger partial charge in [0.1, 0.15) is 0 Å². The van der Waals surface area contributed by atoms with E-state index in [1.807, 2.05) is 24.3 Å². The second kappa shape index (κ2) is 11.9. The van der Waals surface area contributed by atoms with Gasteiger partial charge in [0.05, 0.1) is 17.9 Å². The summed E-state index contributed by atoms with van der Waals surface area (Å²) in [5.41, 5.74) is 3.01.